The first-order valence-electron chi connectivity index (χ1n) is 17.5. The van der Waals surface area contributed by atoms with Gasteiger partial charge in [0, 0.05) is 0 Å². The molecule has 3 fully saturated rings. The molecule has 3 aliphatic rings. The van der Waals surface area contributed by atoms with E-state index >= 15 is 0 Å². The summed E-state index contributed by atoms with van der Waals surface area (Å²) in [5.41, 5.74) is 0.500. The Kier molecular flexibility index (Phi) is 23.9. The molecule has 0 heterocycles. The SMILES string of the molecule is CC(C)C(C)(C)C.CC(C)C1CCCCC1.CC(C)CC1CC1.CC(C)CC1CCC1.CCC(C)C(C)C. The third-order valence-corrected chi connectivity index (χ3v) is 9.64. The number of hydrogen-bond donors (Lipinski definition) is 0. The molecule has 0 amide bonds. The van der Waals surface area contributed by atoms with Crippen molar-refractivity contribution < 1.29 is 0 Å². The summed E-state index contributed by atoms with van der Waals surface area (Å²) in [7, 11) is 0. The summed E-state index contributed by atoms with van der Waals surface area (Å²) in [6, 6.07) is 0. The second-order valence-corrected chi connectivity index (χ2v) is 16.3. The Morgan fingerprint density at radius 3 is 1.08 bits per heavy atom. The van der Waals surface area contributed by atoms with Crippen molar-refractivity contribution in [2.24, 2.45) is 58.7 Å². The Morgan fingerprint density at radius 1 is 0.553 bits per heavy atom. The van der Waals surface area contributed by atoms with Gasteiger partial charge in [0.1, 0.15) is 0 Å². The molecule has 0 saturated heterocycles. The summed E-state index contributed by atoms with van der Waals surface area (Å²) < 4.78 is 0. The predicted octanol–water partition coefficient (Wildman–Crippen LogP) is 13.9. The van der Waals surface area contributed by atoms with Crippen molar-refractivity contribution in [2.75, 3.05) is 0 Å². The first kappa shape index (κ1) is 40.1. The van der Waals surface area contributed by atoms with Crippen molar-refractivity contribution in [3.05, 3.63) is 0 Å². The van der Waals surface area contributed by atoms with Crippen molar-refractivity contribution in [3.8, 4) is 0 Å². The summed E-state index contributed by atoms with van der Waals surface area (Å²) in [6.45, 7) is 34.3. The van der Waals surface area contributed by atoms with E-state index in [0.717, 1.165) is 53.3 Å². The molecule has 3 rings (SSSR count). The lowest BCUT2D eigenvalue weighted by Gasteiger charge is -2.26. The lowest BCUT2D eigenvalue weighted by molar-refractivity contribution is 0.264. The van der Waals surface area contributed by atoms with Gasteiger partial charge in [-0.2, -0.15) is 0 Å². The average molecular weight is 537 g/mol. The molecule has 0 aliphatic heterocycles. The Balaban J connectivity index is 0. The van der Waals surface area contributed by atoms with Gasteiger partial charge in [0.25, 0.3) is 0 Å². The van der Waals surface area contributed by atoms with E-state index < -0.39 is 0 Å². The lowest BCUT2D eigenvalue weighted by atomic mass is 9.80. The van der Waals surface area contributed by atoms with Crippen molar-refractivity contribution in [1.82, 2.24) is 0 Å². The van der Waals surface area contributed by atoms with Crippen LogP contribution in [0, 0.1) is 58.7 Å². The van der Waals surface area contributed by atoms with Crippen molar-refractivity contribution in [3.63, 3.8) is 0 Å². The van der Waals surface area contributed by atoms with Gasteiger partial charge in [0.15, 0.2) is 0 Å². The van der Waals surface area contributed by atoms with E-state index in [4.69, 9.17) is 0 Å². The van der Waals surface area contributed by atoms with Gasteiger partial charge < -0.3 is 0 Å². The maximum Gasteiger partial charge on any atom is -0.0360 e. The molecule has 0 nitrogen and oxygen atoms in total. The summed E-state index contributed by atoms with van der Waals surface area (Å²) in [5, 5.41) is 0. The molecule has 0 aromatic rings. The van der Waals surface area contributed by atoms with Crippen LogP contribution >= 0.6 is 0 Å². The minimum atomic E-state index is 0.500. The highest BCUT2D eigenvalue weighted by molar-refractivity contribution is 4.73. The van der Waals surface area contributed by atoms with E-state index in [9.17, 15) is 0 Å². The molecule has 1 unspecified atom stereocenters. The summed E-state index contributed by atoms with van der Waals surface area (Å²) in [6.07, 6.45) is 19.3. The zero-order chi connectivity index (χ0) is 29.9. The fraction of sp³-hybridized carbons (Fsp3) is 1.00. The molecule has 0 N–H and O–H groups in total. The molecule has 0 spiro atoms. The molecule has 3 saturated carbocycles. The molecule has 0 radical (unpaired) electrons. The second kappa shape index (κ2) is 22.7. The van der Waals surface area contributed by atoms with Gasteiger partial charge in [-0.25, -0.2) is 0 Å². The molecule has 0 bridgehead atoms. The maximum absolute atomic E-state index is 2.36. The number of rotatable bonds is 7. The molecular weight excluding hydrogens is 456 g/mol. The van der Waals surface area contributed by atoms with E-state index in [1.54, 1.807) is 0 Å². The Hall–Kier alpha value is 0. The van der Waals surface area contributed by atoms with Crippen LogP contribution in [0.5, 0.6) is 0 Å². The third kappa shape index (κ3) is 26.2. The maximum atomic E-state index is 2.36. The summed E-state index contributed by atoms with van der Waals surface area (Å²) >= 11 is 0. The van der Waals surface area contributed by atoms with Crippen LogP contribution in [0.4, 0.5) is 0 Å². The van der Waals surface area contributed by atoms with Crippen LogP contribution in [0.25, 0.3) is 0 Å². The van der Waals surface area contributed by atoms with Gasteiger partial charge in [-0.05, 0) is 71.5 Å². The van der Waals surface area contributed by atoms with Crippen molar-refractivity contribution >= 4 is 0 Å². The fourth-order valence-electron chi connectivity index (χ4n) is 4.69. The van der Waals surface area contributed by atoms with Crippen LogP contribution in [0.15, 0.2) is 0 Å². The monoisotopic (exact) mass is 537 g/mol. The van der Waals surface area contributed by atoms with E-state index in [1.807, 2.05) is 0 Å². The average Bonchev–Trinajstić information content (AvgIpc) is 3.60. The normalized spacial score (nSPS) is 18.9. The molecule has 232 valence electrons. The van der Waals surface area contributed by atoms with Gasteiger partial charge in [-0.15, -0.1) is 0 Å². The van der Waals surface area contributed by atoms with E-state index in [-0.39, 0.29) is 0 Å². The topological polar surface area (TPSA) is 0 Å². The largest absolute Gasteiger partial charge is 0.0651 e. The third-order valence-electron chi connectivity index (χ3n) is 9.64. The summed E-state index contributed by atoms with van der Waals surface area (Å²) in [5.74, 6) is 8.66. The molecule has 0 aromatic heterocycles. The van der Waals surface area contributed by atoms with E-state index in [2.05, 4.69) is 104 Å². The Bertz CT molecular complexity index is 475. The number of hydrogen-bond acceptors (Lipinski definition) is 0. The first-order chi connectivity index (χ1) is 17.5. The predicted molar refractivity (Wildman–Crippen MR) is 179 cm³/mol. The zero-order valence-corrected chi connectivity index (χ0v) is 29.9. The van der Waals surface area contributed by atoms with Crippen LogP contribution < -0.4 is 0 Å². The van der Waals surface area contributed by atoms with Gasteiger partial charge in [-0.1, -0.05) is 174 Å². The second-order valence-electron chi connectivity index (χ2n) is 16.3. The highest BCUT2D eigenvalue weighted by atomic mass is 14.3. The summed E-state index contributed by atoms with van der Waals surface area (Å²) in [4.78, 5) is 0. The van der Waals surface area contributed by atoms with Crippen molar-refractivity contribution in [2.45, 2.75) is 187 Å². The van der Waals surface area contributed by atoms with Gasteiger partial charge >= 0.3 is 0 Å². The van der Waals surface area contributed by atoms with Gasteiger partial charge in [0.05, 0.1) is 0 Å². The molecule has 0 aromatic carbocycles. The molecule has 0 heteroatoms. The van der Waals surface area contributed by atoms with Gasteiger partial charge in [-0.3, -0.25) is 0 Å². The van der Waals surface area contributed by atoms with Crippen LogP contribution in [-0.4, -0.2) is 0 Å². The van der Waals surface area contributed by atoms with Crippen LogP contribution in [-0.2, 0) is 0 Å². The van der Waals surface area contributed by atoms with Crippen LogP contribution in [0.2, 0.25) is 0 Å². The quantitative estimate of drug-likeness (QED) is 0.303. The highest BCUT2D eigenvalue weighted by Crippen LogP contribution is 2.35. The molecular formula is C38H80. The van der Waals surface area contributed by atoms with E-state index in [0.29, 0.717) is 5.41 Å². The van der Waals surface area contributed by atoms with Crippen LogP contribution in [0.3, 0.4) is 0 Å². The minimum absolute atomic E-state index is 0.500. The van der Waals surface area contributed by atoms with Crippen LogP contribution in [0.1, 0.15) is 187 Å². The first-order valence-corrected chi connectivity index (χ1v) is 17.5. The highest BCUT2D eigenvalue weighted by Gasteiger charge is 2.21. The fourth-order valence-corrected chi connectivity index (χ4v) is 4.69. The Morgan fingerprint density at radius 2 is 0.947 bits per heavy atom. The Labute approximate surface area is 245 Å². The smallest absolute Gasteiger partial charge is 0.0360 e. The molecule has 1 atom stereocenters. The van der Waals surface area contributed by atoms with Gasteiger partial charge in [0.2, 0.25) is 0 Å². The minimum Gasteiger partial charge on any atom is -0.0651 e. The zero-order valence-electron chi connectivity index (χ0n) is 29.9. The standard InChI is InChI=1S/C9H18.C8H16.C7H14.2C7H16/c1-8(2)9-6-4-3-5-7-9;1-7(2)6-8-4-3-5-8;1-6(2)5-7-3-4-7;1-6(2)7(3,4)5;1-5-7(4)6(2)3/h8-9H,3-7H2,1-2H3;7-8H,3-6H2,1-2H3;6-7H,3-5H2,1-2H3;6H,1-5H3;6-7H,5H2,1-4H3. The lowest BCUT2D eigenvalue weighted by Crippen LogP contribution is -2.12. The molecule has 38 heavy (non-hydrogen) atoms. The molecule has 3 aliphatic carbocycles. The van der Waals surface area contributed by atoms with E-state index in [1.165, 1.54) is 83.5 Å². The van der Waals surface area contributed by atoms with Crippen molar-refractivity contribution in [1.29, 1.82) is 0 Å².